The van der Waals surface area contributed by atoms with Gasteiger partial charge in [-0.2, -0.15) is 0 Å². The molecule has 2 nitrogen and oxygen atoms in total. The number of nitrogens with zero attached hydrogens (tertiary/aromatic N) is 1. The maximum atomic E-state index is 9.16. The highest BCUT2D eigenvalue weighted by atomic mass is 79.9. The SMILES string of the molecule is CC(C)n1ccc2c(Br)cc(CO)cc21. The quantitative estimate of drug-likeness (QED) is 0.886. The predicted molar refractivity (Wildman–Crippen MR) is 65.9 cm³/mol. The molecular formula is C12H14BrNO. The topological polar surface area (TPSA) is 25.2 Å². The van der Waals surface area contributed by atoms with Crippen LogP contribution < -0.4 is 0 Å². The molecule has 0 saturated heterocycles. The molecule has 0 fully saturated rings. The minimum Gasteiger partial charge on any atom is -0.392 e. The van der Waals surface area contributed by atoms with Crippen LogP contribution in [0.5, 0.6) is 0 Å². The van der Waals surface area contributed by atoms with E-state index in [1.54, 1.807) is 0 Å². The minimum atomic E-state index is 0.0812. The molecule has 0 aliphatic rings. The lowest BCUT2D eigenvalue weighted by molar-refractivity contribution is 0.282. The fourth-order valence-electron chi connectivity index (χ4n) is 1.81. The molecule has 0 aliphatic carbocycles. The Morgan fingerprint density at radius 2 is 2.13 bits per heavy atom. The fraction of sp³-hybridized carbons (Fsp3) is 0.333. The Bertz CT molecular complexity index is 488. The van der Waals surface area contributed by atoms with E-state index in [-0.39, 0.29) is 6.61 Å². The van der Waals surface area contributed by atoms with Crippen molar-refractivity contribution in [3.63, 3.8) is 0 Å². The van der Waals surface area contributed by atoms with Gasteiger partial charge in [-0.25, -0.2) is 0 Å². The van der Waals surface area contributed by atoms with Crippen LogP contribution in [0.4, 0.5) is 0 Å². The number of fused-ring (bicyclic) bond motifs is 1. The van der Waals surface area contributed by atoms with Gasteiger partial charge in [-0.1, -0.05) is 15.9 Å². The first-order valence-electron chi connectivity index (χ1n) is 5.03. The van der Waals surface area contributed by atoms with Crippen LogP contribution in [-0.2, 0) is 6.61 Å². The van der Waals surface area contributed by atoms with Gasteiger partial charge >= 0.3 is 0 Å². The number of aliphatic hydroxyl groups is 1. The Morgan fingerprint density at radius 3 is 2.73 bits per heavy atom. The zero-order valence-electron chi connectivity index (χ0n) is 8.87. The third-order valence-corrected chi connectivity index (χ3v) is 3.24. The zero-order valence-corrected chi connectivity index (χ0v) is 10.5. The van der Waals surface area contributed by atoms with Crippen LogP contribution in [0, 0.1) is 0 Å². The maximum Gasteiger partial charge on any atom is 0.0683 e. The van der Waals surface area contributed by atoms with Crippen molar-refractivity contribution in [3.05, 3.63) is 34.4 Å². The van der Waals surface area contributed by atoms with Gasteiger partial charge in [0.05, 0.1) is 6.61 Å². The van der Waals surface area contributed by atoms with E-state index >= 15 is 0 Å². The van der Waals surface area contributed by atoms with Crippen LogP contribution in [0.3, 0.4) is 0 Å². The summed E-state index contributed by atoms with van der Waals surface area (Å²) in [5.41, 5.74) is 2.11. The van der Waals surface area contributed by atoms with Crippen LogP contribution in [0.1, 0.15) is 25.5 Å². The van der Waals surface area contributed by atoms with Crippen molar-refractivity contribution in [3.8, 4) is 0 Å². The molecule has 1 aromatic heterocycles. The third-order valence-electron chi connectivity index (χ3n) is 2.59. The van der Waals surface area contributed by atoms with E-state index < -0.39 is 0 Å². The lowest BCUT2D eigenvalue weighted by atomic mass is 10.2. The Morgan fingerprint density at radius 1 is 1.40 bits per heavy atom. The second kappa shape index (κ2) is 3.99. The van der Waals surface area contributed by atoms with Crippen molar-refractivity contribution >= 4 is 26.8 Å². The van der Waals surface area contributed by atoms with Gasteiger partial charge in [-0.05, 0) is 37.6 Å². The predicted octanol–water partition coefficient (Wildman–Crippen LogP) is 3.48. The molecule has 1 N–H and O–H groups in total. The molecule has 0 radical (unpaired) electrons. The third kappa shape index (κ3) is 1.82. The average molecular weight is 268 g/mol. The first-order valence-corrected chi connectivity index (χ1v) is 5.82. The van der Waals surface area contributed by atoms with Gasteiger partial charge in [0.1, 0.15) is 0 Å². The number of rotatable bonds is 2. The summed E-state index contributed by atoms with van der Waals surface area (Å²) in [5, 5.41) is 10.4. The average Bonchev–Trinajstić information content (AvgIpc) is 2.61. The minimum absolute atomic E-state index is 0.0812. The van der Waals surface area contributed by atoms with E-state index in [9.17, 15) is 0 Å². The Kier molecular flexibility index (Phi) is 2.85. The number of aliphatic hydroxyl groups excluding tert-OH is 1. The first kappa shape index (κ1) is 10.7. The molecule has 15 heavy (non-hydrogen) atoms. The lowest BCUT2D eigenvalue weighted by Crippen LogP contribution is -1.98. The number of benzene rings is 1. The first-order chi connectivity index (χ1) is 7.13. The van der Waals surface area contributed by atoms with Gasteiger partial charge in [-0.15, -0.1) is 0 Å². The summed E-state index contributed by atoms with van der Waals surface area (Å²) in [5.74, 6) is 0. The van der Waals surface area contributed by atoms with Gasteiger partial charge in [0, 0.05) is 27.6 Å². The molecule has 80 valence electrons. The van der Waals surface area contributed by atoms with Crippen molar-refractivity contribution in [2.75, 3.05) is 0 Å². The van der Waals surface area contributed by atoms with Crippen LogP contribution >= 0.6 is 15.9 Å². The second-order valence-electron chi connectivity index (χ2n) is 3.99. The molecule has 0 aliphatic heterocycles. The summed E-state index contributed by atoms with van der Waals surface area (Å²) in [4.78, 5) is 0. The van der Waals surface area contributed by atoms with E-state index in [1.807, 2.05) is 12.1 Å². The van der Waals surface area contributed by atoms with E-state index in [0.29, 0.717) is 6.04 Å². The van der Waals surface area contributed by atoms with Crippen LogP contribution in [0.25, 0.3) is 10.9 Å². The smallest absolute Gasteiger partial charge is 0.0683 e. The van der Waals surface area contributed by atoms with Crippen LogP contribution in [0.2, 0.25) is 0 Å². The molecular weight excluding hydrogens is 254 g/mol. The molecule has 0 bridgehead atoms. The fourth-order valence-corrected chi connectivity index (χ4v) is 2.44. The maximum absolute atomic E-state index is 9.16. The summed E-state index contributed by atoms with van der Waals surface area (Å²) in [7, 11) is 0. The number of aromatic nitrogens is 1. The normalized spacial score (nSPS) is 11.5. The number of halogens is 1. The molecule has 0 spiro atoms. The number of hydrogen-bond acceptors (Lipinski definition) is 1. The van der Waals surface area contributed by atoms with Crippen molar-refractivity contribution in [2.45, 2.75) is 26.5 Å². The molecule has 2 aromatic rings. The molecule has 0 atom stereocenters. The van der Waals surface area contributed by atoms with Crippen molar-refractivity contribution in [1.82, 2.24) is 4.57 Å². The van der Waals surface area contributed by atoms with Crippen molar-refractivity contribution < 1.29 is 5.11 Å². The van der Waals surface area contributed by atoms with Crippen molar-refractivity contribution in [1.29, 1.82) is 0 Å². The van der Waals surface area contributed by atoms with Crippen LogP contribution in [0.15, 0.2) is 28.9 Å². The standard InChI is InChI=1S/C12H14BrNO/c1-8(2)14-4-3-10-11(13)5-9(7-15)6-12(10)14/h3-6,8,15H,7H2,1-2H3. The highest BCUT2D eigenvalue weighted by Crippen LogP contribution is 2.28. The van der Waals surface area contributed by atoms with Gasteiger partial charge in [0.2, 0.25) is 0 Å². The molecule has 1 aromatic carbocycles. The van der Waals surface area contributed by atoms with E-state index in [4.69, 9.17) is 5.11 Å². The summed E-state index contributed by atoms with van der Waals surface area (Å²) < 4.78 is 3.25. The zero-order chi connectivity index (χ0) is 11.0. The van der Waals surface area contributed by atoms with Crippen molar-refractivity contribution in [2.24, 2.45) is 0 Å². The van der Waals surface area contributed by atoms with E-state index in [2.05, 4.69) is 46.6 Å². The summed E-state index contributed by atoms with van der Waals surface area (Å²) in [6, 6.07) is 6.54. The Balaban J connectivity index is 2.72. The lowest BCUT2D eigenvalue weighted by Gasteiger charge is -2.10. The summed E-state index contributed by atoms with van der Waals surface area (Å²) in [6.45, 7) is 4.38. The molecule has 0 saturated carbocycles. The van der Waals surface area contributed by atoms with Gasteiger partial charge in [0.25, 0.3) is 0 Å². The summed E-state index contributed by atoms with van der Waals surface area (Å²) in [6.07, 6.45) is 2.08. The highest BCUT2D eigenvalue weighted by molar-refractivity contribution is 9.10. The Hall–Kier alpha value is -0.800. The molecule has 3 heteroatoms. The Labute approximate surface area is 97.7 Å². The molecule has 1 heterocycles. The summed E-state index contributed by atoms with van der Waals surface area (Å²) >= 11 is 3.53. The molecule has 0 unspecified atom stereocenters. The van der Waals surface area contributed by atoms with E-state index in [0.717, 1.165) is 10.0 Å². The largest absolute Gasteiger partial charge is 0.392 e. The van der Waals surface area contributed by atoms with Gasteiger partial charge in [-0.3, -0.25) is 0 Å². The van der Waals surface area contributed by atoms with Gasteiger partial charge < -0.3 is 9.67 Å². The number of hydrogen-bond donors (Lipinski definition) is 1. The monoisotopic (exact) mass is 267 g/mol. The van der Waals surface area contributed by atoms with Crippen LogP contribution in [-0.4, -0.2) is 9.67 Å². The highest BCUT2D eigenvalue weighted by Gasteiger charge is 2.08. The molecule has 0 amide bonds. The molecule has 2 rings (SSSR count). The second-order valence-corrected chi connectivity index (χ2v) is 4.84. The van der Waals surface area contributed by atoms with Gasteiger partial charge in [0.15, 0.2) is 0 Å². The van der Waals surface area contributed by atoms with E-state index in [1.165, 1.54) is 10.9 Å².